The minimum absolute atomic E-state index is 0.00833. The maximum absolute atomic E-state index is 12.8. The minimum atomic E-state index is -0.550. The van der Waals surface area contributed by atoms with Crippen LogP contribution >= 0.6 is 0 Å². The summed E-state index contributed by atoms with van der Waals surface area (Å²) in [5.74, 6) is -0.249. The van der Waals surface area contributed by atoms with E-state index in [2.05, 4.69) is 6.07 Å². The van der Waals surface area contributed by atoms with Crippen LogP contribution in [0, 0.1) is 17.2 Å². The average Bonchev–Trinajstić information content (AvgIpc) is 2.60. The van der Waals surface area contributed by atoms with Gasteiger partial charge < -0.3 is 14.5 Å². The molecule has 1 fully saturated rings. The van der Waals surface area contributed by atoms with E-state index in [1.54, 1.807) is 22.9 Å². The van der Waals surface area contributed by atoms with E-state index in [1.807, 2.05) is 39.0 Å². The summed E-state index contributed by atoms with van der Waals surface area (Å²) in [5.41, 5.74) is 0.850. The molecule has 1 aliphatic rings. The largest absolute Gasteiger partial charge is 0.444 e. The zero-order chi connectivity index (χ0) is 19.3. The van der Waals surface area contributed by atoms with Crippen LogP contribution < -0.4 is 0 Å². The van der Waals surface area contributed by atoms with Gasteiger partial charge in [0.2, 0.25) is 5.91 Å². The number of rotatable bonds is 3. The van der Waals surface area contributed by atoms with Crippen LogP contribution in [0.3, 0.4) is 0 Å². The molecule has 1 unspecified atom stereocenters. The van der Waals surface area contributed by atoms with Gasteiger partial charge in [-0.25, -0.2) is 4.79 Å². The van der Waals surface area contributed by atoms with Gasteiger partial charge in [-0.3, -0.25) is 4.79 Å². The quantitative estimate of drug-likeness (QED) is 0.833. The van der Waals surface area contributed by atoms with Gasteiger partial charge >= 0.3 is 6.09 Å². The zero-order valence-electron chi connectivity index (χ0n) is 16.0. The lowest BCUT2D eigenvalue weighted by Gasteiger charge is -2.35. The summed E-state index contributed by atoms with van der Waals surface area (Å²) >= 11 is 0. The lowest BCUT2D eigenvalue weighted by molar-refractivity contribution is -0.136. The summed E-state index contributed by atoms with van der Waals surface area (Å²) in [5, 5.41) is 9.20. The molecular weight excluding hydrogens is 330 g/mol. The van der Waals surface area contributed by atoms with E-state index in [9.17, 15) is 14.9 Å². The third-order valence-electron chi connectivity index (χ3n) is 4.34. The first-order chi connectivity index (χ1) is 12.2. The van der Waals surface area contributed by atoms with Gasteiger partial charge in [0.05, 0.1) is 17.6 Å². The number of hydrogen-bond acceptors (Lipinski definition) is 4. The van der Waals surface area contributed by atoms with Crippen molar-refractivity contribution in [2.45, 2.75) is 45.8 Å². The molecule has 2 amide bonds. The zero-order valence-corrected chi connectivity index (χ0v) is 16.0. The van der Waals surface area contributed by atoms with Crippen LogP contribution in [0.2, 0.25) is 0 Å². The van der Waals surface area contributed by atoms with E-state index in [4.69, 9.17) is 4.74 Å². The van der Waals surface area contributed by atoms with Crippen LogP contribution in [0.15, 0.2) is 24.3 Å². The number of benzene rings is 1. The Morgan fingerprint density at radius 2 is 2.04 bits per heavy atom. The van der Waals surface area contributed by atoms with Crippen molar-refractivity contribution in [2.75, 3.05) is 20.1 Å². The molecule has 0 saturated carbocycles. The van der Waals surface area contributed by atoms with Gasteiger partial charge in [0.25, 0.3) is 0 Å². The van der Waals surface area contributed by atoms with Crippen LogP contribution in [-0.4, -0.2) is 47.5 Å². The van der Waals surface area contributed by atoms with Gasteiger partial charge in [0.1, 0.15) is 5.60 Å². The van der Waals surface area contributed by atoms with E-state index in [-0.39, 0.29) is 17.9 Å². The van der Waals surface area contributed by atoms with Crippen molar-refractivity contribution in [3.8, 4) is 6.07 Å². The Hall–Kier alpha value is -2.55. The molecule has 1 atom stereocenters. The van der Waals surface area contributed by atoms with E-state index in [0.717, 1.165) is 18.4 Å². The Balaban J connectivity index is 2.00. The van der Waals surface area contributed by atoms with Gasteiger partial charge in [-0.05, 0) is 45.2 Å². The second-order valence-corrected chi connectivity index (χ2v) is 7.73. The predicted molar refractivity (Wildman–Crippen MR) is 98.2 cm³/mol. The SMILES string of the molecule is CN(Cc1ccccc1C#N)C(=O)C1CCCN(C(=O)OC(C)(C)C)C1. The van der Waals surface area contributed by atoms with Crippen LogP contribution in [0.5, 0.6) is 0 Å². The minimum Gasteiger partial charge on any atom is -0.444 e. The summed E-state index contributed by atoms with van der Waals surface area (Å²) in [4.78, 5) is 28.3. The van der Waals surface area contributed by atoms with E-state index >= 15 is 0 Å². The van der Waals surface area contributed by atoms with Crippen molar-refractivity contribution in [2.24, 2.45) is 5.92 Å². The van der Waals surface area contributed by atoms with E-state index < -0.39 is 5.60 Å². The number of carbonyl (C=O) groups excluding carboxylic acids is 2. The first-order valence-corrected chi connectivity index (χ1v) is 8.92. The molecule has 0 radical (unpaired) electrons. The van der Waals surface area contributed by atoms with Crippen LogP contribution in [0.1, 0.15) is 44.7 Å². The van der Waals surface area contributed by atoms with Crippen molar-refractivity contribution in [3.63, 3.8) is 0 Å². The molecule has 0 aliphatic carbocycles. The third-order valence-corrected chi connectivity index (χ3v) is 4.34. The van der Waals surface area contributed by atoms with Crippen molar-refractivity contribution >= 4 is 12.0 Å². The molecule has 6 heteroatoms. The molecule has 1 saturated heterocycles. The van der Waals surface area contributed by atoms with E-state index in [0.29, 0.717) is 25.2 Å². The molecule has 1 aliphatic heterocycles. The lowest BCUT2D eigenvalue weighted by atomic mass is 9.96. The molecular formula is C20H27N3O3. The van der Waals surface area contributed by atoms with Crippen molar-refractivity contribution in [1.29, 1.82) is 5.26 Å². The molecule has 0 spiro atoms. The molecule has 1 aromatic rings. The standard InChI is InChI=1S/C20H27N3O3/c1-20(2,3)26-19(25)23-11-7-10-17(14-23)18(24)22(4)13-16-9-6-5-8-15(16)12-21/h5-6,8-9,17H,7,10-11,13-14H2,1-4H3. The summed E-state index contributed by atoms with van der Waals surface area (Å²) < 4.78 is 5.42. The predicted octanol–water partition coefficient (Wildman–Crippen LogP) is 3.16. The van der Waals surface area contributed by atoms with Gasteiger partial charge in [-0.15, -0.1) is 0 Å². The van der Waals surface area contributed by atoms with Crippen LogP contribution in [0.4, 0.5) is 4.79 Å². The summed E-state index contributed by atoms with van der Waals surface area (Å²) in [7, 11) is 1.74. The molecule has 26 heavy (non-hydrogen) atoms. The number of likely N-dealkylation sites (tertiary alicyclic amines) is 1. The summed E-state index contributed by atoms with van der Waals surface area (Å²) in [6.45, 7) is 6.86. The molecule has 0 N–H and O–H groups in total. The number of nitriles is 1. The molecule has 6 nitrogen and oxygen atoms in total. The number of carbonyl (C=O) groups is 2. The maximum Gasteiger partial charge on any atom is 0.410 e. The first kappa shape index (κ1) is 19.8. The maximum atomic E-state index is 12.8. The monoisotopic (exact) mass is 357 g/mol. The van der Waals surface area contributed by atoms with E-state index in [1.165, 1.54) is 0 Å². The highest BCUT2D eigenvalue weighted by atomic mass is 16.6. The van der Waals surface area contributed by atoms with Gasteiger partial charge in [0, 0.05) is 26.7 Å². The van der Waals surface area contributed by atoms with Crippen molar-refractivity contribution in [1.82, 2.24) is 9.80 Å². The Morgan fingerprint density at radius 3 is 2.69 bits per heavy atom. The smallest absolute Gasteiger partial charge is 0.410 e. The highest BCUT2D eigenvalue weighted by molar-refractivity contribution is 5.80. The lowest BCUT2D eigenvalue weighted by Crippen LogP contribution is -2.47. The molecule has 140 valence electrons. The number of amides is 2. The number of ether oxygens (including phenoxy) is 1. The van der Waals surface area contributed by atoms with Crippen LogP contribution in [0.25, 0.3) is 0 Å². The fraction of sp³-hybridized carbons (Fsp3) is 0.550. The van der Waals surface area contributed by atoms with Gasteiger partial charge in [0.15, 0.2) is 0 Å². The fourth-order valence-electron chi connectivity index (χ4n) is 3.08. The van der Waals surface area contributed by atoms with Crippen molar-refractivity contribution < 1.29 is 14.3 Å². The number of piperidine rings is 1. The number of nitrogens with zero attached hydrogens (tertiary/aromatic N) is 3. The topological polar surface area (TPSA) is 73.6 Å². The Labute approximate surface area is 155 Å². The Bertz CT molecular complexity index is 703. The molecule has 1 aromatic carbocycles. The second-order valence-electron chi connectivity index (χ2n) is 7.73. The Morgan fingerprint density at radius 1 is 1.35 bits per heavy atom. The fourth-order valence-corrected chi connectivity index (χ4v) is 3.08. The first-order valence-electron chi connectivity index (χ1n) is 8.92. The Kier molecular flexibility index (Phi) is 6.25. The highest BCUT2D eigenvalue weighted by Gasteiger charge is 2.32. The van der Waals surface area contributed by atoms with Gasteiger partial charge in [-0.1, -0.05) is 18.2 Å². The molecule has 0 aromatic heterocycles. The van der Waals surface area contributed by atoms with Crippen LogP contribution in [-0.2, 0) is 16.1 Å². The summed E-state index contributed by atoms with van der Waals surface area (Å²) in [6, 6.07) is 9.43. The average molecular weight is 357 g/mol. The van der Waals surface area contributed by atoms with Gasteiger partial charge in [-0.2, -0.15) is 5.26 Å². The molecule has 0 bridgehead atoms. The normalized spacial score (nSPS) is 17.3. The summed E-state index contributed by atoms with van der Waals surface area (Å²) in [6.07, 6.45) is 1.16. The molecule has 1 heterocycles. The van der Waals surface area contributed by atoms with Crippen molar-refractivity contribution in [3.05, 3.63) is 35.4 Å². The third kappa shape index (κ3) is 5.22. The highest BCUT2D eigenvalue weighted by Crippen LogP contribution is 2.22. The molecule has 2 rings (SSSR count). The number of hydrogen-bond donors (Lipinski definition) is 0. The second kappa shape index (κ2) is 8.22.